The fourth-order valence-electron chi connectivity index (χ4n) is 4.35. The van der Waals surface area contributed by atoms with E-state index in [9.17, 15) is 27.9 Å². The molecule has 0 aliphatic carbocycles. The molecule has 198 valence electrons. The van der Waals surface area contributed by atoms with Gasteiger partial charge in [-0.1, -0.05) is 18.2 Å². The SMILES string of the molecule is COc1ccc(OC)c(/C(O)=C2\C(=O)C(=O)N(c3cccc(C(F)(F)F)c3)C2c2ccc(N(C)C)cc2)c1. The quantitative estimate of drug-likeness (QED) is 0.263. The fraction of sp³-hybridized carbons (Fsp3) is 0.214. The third kappa shape index (κ3) is 4.77. The number of anilines is 2. The monoisotopic (exact) mass is 526 g/mol. The van der Waals surface area contributed by atoms with E-state index in [1.54, 1.807) is 30.3 Å². The Kier molecular flexibility index (Phi) is 7.08. The molecule has 0 saturated carbocycles. The van der Waals surface area contributed by atoms with Crippen LogP contribution in [0.2, 0.25) is 0 Å². The lowest BCUT2D eigenvalue weighted by Gasteiger charge is -2.26. The molecule has 1 aliphatic rings. The second kappa shape index (κ2) is 10.1. The number of amides is 1. The number of hydrogen-bond acceptors (Lipinski definition) is 6. The zero-order valence-electron chi connectivity index (χ0n) is 21.0. The summed E-state index contributed by atoms with van der Waals surface area (Å²) in [6.45, 7) is 0. The molecular weight excluding hydrogens is 501 g/mol. The number of nitrogens with zero attached hydrogens (tertiary/aromatic N) is 2. The number of carbonyl (C=O) groups is 2. The van der Waals surface area contributed by atoms with Crippen molar-refractivity contribution in [1.82, 2.24) is 0 Å². The van der Waals surface area contributed by atoms with E-state index in [0.717, 1.165) is 28.8 Å². The molecule has 1 N–H and O–H groups in total. The van der Waals surface area contributed by atoms with Crippen LogP contribution in [0.3, 0.4) is 0 Å². The van der Waals surface area contributed by atoms with E-state index in [1.165, 1.54) is 32.4 Å². The van der Waals surface area contributed by atoms with Crippen LogP contribution in [0.15, 0.2) is 72.3 Å². The van der Waals surface area contributed by atoms with Gasteiger partial charge in [-0.2, -0.15) is 13.2 Å². The summed E-state index contributed by atoms with van der Waals surface area (Å²) in [5, 5.41) is 11.4. The molecule has 0 bridgehead atoms. The summed E-state index contributed by atoms with van der Waals surface area (Å²) in [5.74, 6) is -2.11. The highest BCUT2D eigenvalue weighted by molar-refractivity contribution is 6.51. The zero-order chi connectivity index (χ0) is 27.8. The standard InChI is InChI=1S/C28H25F3N2O5/c1-32(2)18-10-8-16(9-11-18)24-23(25(34)21-15-20(37-3)12-13-22(21)38-4)26(35)27(36)33(24)19-7-5-6-17(14-19)28(29,30)31/h5-15,24,34H,1-4H3/b25-23+. The lowest BCUT2D eigenvalue weighted by Crippen LogP contribution is -2.29. The number of halogens is 3. The summed E-state index contributed by atoms with van der Waals surface area (Å²) in [7, 11) is 6.46. The average molecular weight is 527 g/mol. The number of Topliss-reactive ketones (excluding diaryl/α,β-unsaturated/α-hetero) is 1. The molecule has 1 heterocycles. The normalized spacial score (nSPS) is 17.0. The number of benzene rings is 3. The molecule has 0 aromatic heterocycles. The third-order valence-electron chi connectivity index (χ3n) is 6.28. The van der Waals surface area contributed by atoms with Gasteiger partial charge in [0, 0.05) is 25.5 Å². The van der Waals surface area contributed by atoms with Crippen LogP contribution < -0.4 is 19.3 Å². The number of carbonyl (C=O) groups excluding carboxylic acids is 2. The molecule has 7 nitrogen and oxygen atoms in total. The molecule has 0 radical (unpaired) electrons. The maximum absolute atomic E-state index is 13.5. The number of methoxy groups -OCH3 is 2. The van der Waals surface area contributed by atoms with Gasteiger partial charge < -0.3 is 19.5 Å². The molecule has 38 heavy (non-hydrogen) atoms. The first-order valence-corrected chi connectivity index (χ1v) is 11.5. The molecule has 1 amide bonds. The predicted octanol–water partition coefficient (Wildman–Crippen LogP) is 5.41. The lowest BCUT2D eigenvalue weighted by atomic mass is 9.94. The van der Waals surface area contributed by atoms with Gasteiger partial charge in [0.1, 0.15) is 17.3 Å². The Balaban J connectivity index is 1.98. The van der Waals surface area contributed by atoms with E-state index in [0.29, 0.717) is 11.3 Å². The molecule has 1 aliphatic heterocycles. The van der Waals surface area contributed by atoms with Crippen molar-refractivity contribution in [2.24, 2.45) is 0 Å². The summed E-state index contributed by atoms with van der Waals surface area (Å²) in [6, 6.07) is 14.3. The van der Waals surface area contributed by atoms with Crippen LogP contribution in [-0.4, -0.2) is 45.1 Å². The Bertz CT molecular complexity index is 1410. The van der Waals surface area contributed by atoms with Crippen LogP contribution in [0.4, 0.5) is 24.5 Å². The summed E-state index contributed by atoms with van der Waals surface area (Å²) >= 11 is 0. The molecule has 1 unspecified atom stereocenters. The highest BCUT2D eigenvalue weighted by Gasteiger charge is 2.47. The van der Waals surface area contributed by atoms with Crippen molar-refractivity contribution in [3.05, 3.63) is 89.0 Å². The Morgan fingerprint density at radius 1 is 0.947 bits per heavy atom. The molecule has 3 aromatic carbocycles. The van der Waals surface area contributed by atoms with Gasteiger partial charge in [-0.05, 0) is 54.1 Å². The molecule has 4 rings (SSSR count). The Hall–Kier alpha value is -4.47. The number of aliphatic hydroxyl groups excluding tert-OH is 1. The maximum Gasteiger partial charge on any atom is 0.416 e. The van der Waals surface area contributed by atoms with Crippen molar-refractivity contribution < 1.29 is 37.3 Å². The predicted molar refractivity (Wildman–Crippen MR) is 137 cm³/mol. The molecular formula is C28H25F3N2O5. The Labute approximate surface area is 217 Å². The number of alkyl halides is 3. The third-order valence-corrected chi connectivity index (χ3v) is 6.28. The van der Waals surface area contributed by atoms with E-state index >= 15 is 0 Å². The molecule has 3 aromatic rings. The molecule has 1 saturated heterocycles. The first-order chi connectivity index (χ1) is 18.0. The number of hydrogen-bond donors (Lipinski definition) is 1. The minimum atomic E-state index is -4.67. The summed E-state index contributed by atoms with van der Waals surface area (Å²) in [6.07, 6.45) is -4.67. The van der Waals surface area contributed by atoms with E-state index in [4.69, 9.17) is 9.47 Å². The lowest BCUT2D eigenvalue weighted by molar-refractivity contribution is -0.137. The van der Waals surface area contributed by atoms with E-state index < -0.39 is 35.2 Å². The van der Waals surface area contributed by atoms with Gasteiger partial charge in [-0.3, -0.25) is 14.5 Å². The zero-order valence-corrected chi connectivity index (χ0v) is 21.0. The van der Waals surface area contributed by atoms with Crippen LogP contribution in [-0.2, 0) is 15.8 Å². The van der Waals surface area contributed by atoms with Crippen LogP contribution in [0.1, 0.15) is 22.7 Å². The first kappa shape index (κ1) is 26.6. The summed E-state index contributed by atoms with van der Waals surface area (Å²) in [4.78, 5) is 29.5. The van der Waals surface area contributed by atoms with Crippen molar-refractivity contribution in [2.75, 3.05) is 38.1 Å². The van der Waals surface area contributed by atoms with Gasteiger partial charge in [-0.25, -0.2) is 0 Å². The van der Waals surface area contributed by atoms with Crippen LogP contribution in [0.25, 0.3) is 5.76 Å². The number of rotatable bonds is 6. The highest BCUT2D eigenvalue weighted by Crippen LogP contribution is 2.45. The highest BCUT2D eigenvalue weighted by atomic mass is 19.4. The Morgan fingerprint density at radius 2 is 1.63 bits per heavy atom. The van der Waals surface area contributed by atoms with Crippen LogP contribution in [0, 0.1) is 0 Å². The van der Waals surface area contributed by atoms with Crippen molar-refractivity contribution in [1.29, 1.82) is 0 Å². The number of ether oxygens (including phenoxy) is 2. The smallest absolute Gasteiger partial charge is 0.416 e. The average Bonchev–Trinajstić information content (AvgIpc) is 3.17. The molecule has 10 heteroatoms. The Morgan fingerprint density at radius 3 is 2.21 bits per heavy atom. The van der Waals surface area contributed by atoms with Crippen LogP contribution >= 0.6 is 0 Å². The summed E-state index contributed by atoms with van der Waals surface area (Å²) < 4.78 is 51.1. The van der Waals surface area contributed by atoms with Gasteiger partial charge in [0.15, 0.2) is 0 Å². The van der Waals surface area contributed by atoms with E-state index in [-0.39, 0.29) is 22.6 Å². The van der Waals surface area contributed by atoms with Gasteiger partial charge in [0.05, 0.1) is 37.0 Å². The van der Waals surface area contributed by atoms with Crippen LogP contribution in [0.5, 0.6) is 11.5 Å². The van der Waals surface area contributed by atoms with Crippen molar-refractivity contribution in [3.8, 4) is 11.5 Å². The topological polar surface area (TPSA) is 79.3 Å². The maximum atomic E-state index is 13.5. The van der Waals surface area contributed by atoms with Gasteiger partial charge in [-0.15, -0.1) is 0 Å². The molecule has 1 fully saturated rings. The van der Waals surface area contributed by atoms with Gasteiger partial charge >= 0.3 is 6.18 Å². The fourth-order valence-corrected chi connectivity index (χ4v) is 4.35. The van der Waals surface area contributed by atoms with E-state index in [1.807, 2.05) is 19.0 Å². The van der Waals surface area contributed by atoms with Crippen molar-refractivity contribution in [3.63, 3.8) is 0 Å². The second-order valence-electron chi connectivity index (χ2n) is 8.77. The minimum absolute atomic E-state index is 0.0869. The minimum Gasteiger partial charge on any atom is -0.507 e. The van der Waals surface area contributed by atoms with Crippen molar-refractivity contribution >= 4 is 28.8 Å². The van der Waals surface area contributed by atoms with Gasteiger partial charge in [0.25, 0.3) is 11.7 Å². The largest absolute Gasteiger partial charge is 0.507 e. The summed E-state index contributed by atoms with van der Waals surface area (Å²) in [5.41, 5.74) is -0.0939. The first-order valence-electron chi connectivity index (χ1n) is 11.5. The second-order valence-corrected chi connectivity index (χ2v) is 8.77. The number of ketones is 1. The number of aliphatic hydroxyl groups is 1. The van der Waals surface area contributed by atoms with E-state index in [2.05, 4.69) is 0 Å². The van der Waals surface area contributed by atoms with Crippen molar-refractivity contribution in [2.45, 2.75) is 12.2 Å². The van der Waals surface area contributed by atoms with Gasteiger partial charge in [0.2, 0.25) is 0 Å². The molecule has 0 spiro atoms. The molecule has 1 atom stereocenters.